The normalized spacial score (nSPS) is 33.5. The molecule has 0 aromatic heterocycles. The summed E-state index contributed by atoms with van der Waals surface area (Å²) in [6.45, 7) is 2.12. The molecule has 1 saturated carbocycles. The molecule has 0 aromatic carbocycles. The number of likely N-dealkylation sites (N-methyl/N-ethyl adjacent to an activating group) is 1. The minimum absolute atomic E-state index is 0. The maximum Gasteiger partial charge on any atom is 0.323 e. The third kappa shape index (κ3) is 2.58. The molecule has 1 fully saturated rings. The number of carbonyl (C=O) groups is 1. The molecular formula is C9H18ClNO2. The molecule has 0 aliphatic heterocycles. The lowest BCUT2D eigenvalue weighted by Gasteiger charge is -2.36. The molecule has 0 amide bonds. The van der Waals surface area contributed by atoms with E-state index in [9.17, 15) is 4.79 Å². The Hall–Kier alpha value is -0.280. The predicted molar refractivity (Wildman–Crippen MR) is 54.3 cm³/mol. The van der Waals surface area contributed by atoms with E-state index in [2.05, 4.69) is 12.2 Å². The van der Waals surface area contributed by atoms with Crippen LogP contribution in [0, 0.1) is 5.92 Å². The smallest absolute Gasteiger partial charge is 0.323 e. The molecule has 1 aliphatic carbocycles. The van der Waals surface area contributed by atoms with Gasteiger partial charge in [0.2, 0.25) is 0 Å². The van der Waals surface area contributed by atoms with Crippen LogP contribution in [-0.4, -0.2) is 23.7 Å². The van der Waals surface area contributed by atoms with Crippen molar-refractivity contribution >= 4 is 18.4 Å². The van der Waals surface area contributed by atoms with Crippen molar-refractivity contribution in [1.82, 2.24) is 5.32 Å². The van der Waals surface area contributed by atoms with E-state index in [0.29, 0.717) is 5.92 Å². The van der Waals surface area contributed by atoms with Crippen molar-refractivity contribution < 1.29 is 9.90 Å². The lowest BCUT2D eigenvalue weighted by Crippen LogP contribution is -2.53. The molecule has 0 aromatic rings. The van der Waals surface area contributed by atoms with Gasteiger partial charge in [-0.1, -0.05) is 19.8 Å². The number of hydrogen-bond acceptors (Lipinski definition) is 2. The first-order valence-corrected chi connectivity index (χ1v) is 4.53. The molecule has 0 heterocycles. The van der Waals surface area contributed by atoms with Crippen LogP contribution in [0.2, 0.25) is 0 Å². The minimum atomic E-state index is -0.698. The number of rotatable bonds is 2. The molecule has 0 bridgehead atoms. The molecule has 4 heteroatoms. The van der Waals surface area contributed by atoms with E-state index in [1.807, 2.05) is 0 Å². The molecule has 0 spiro atoms. The van der Waals surface area contributed by atoms with Crippen LogP contribution in [0.4, 0.5) is 0 Å². The first kappa shape index (κ1) is 12.7. The van der Waals surface area contributed by atoms with Crippen molar-refractivity contribution in [3.8, 4) is 0 Å². The highest BCUT2D eigenvalue weighted by atomic mass is 35.5. The van der Waals surface area contributed by atoms with Gasteiger partial charge in [-0.15, -0.1) is 12.4 Å². The van der Waals surface area contributed by atoms with Crippen LogP contribution in [0.3, 0.4) is 0 Å². The average Bonchev–Trinajstić information content (AvgIpc) is 2.04. The van der Waals surface area contributed by atoms with Crippen molar-refractivity contribution in [2.24, 2.45) is 5.92 Å². The maximum absolute atomic E-state index is 11.0. The fourth-order valence-electron chi connectivity index (χ4n) is 2.08. The highest BCUT2D eigenvalue weighted by Crippen LogP contribution is 2.31. The SMILES string of the molecule is CN[C@]1(C(=O)O)CCC[C@@H](C)C1.Cl. The molecule has 1 rings (SSSR count). The van der Waals surface area contributed by atoms with Gasteiger partial charge in [0.05, 0.1) is 0 Å². The summed E-state index contributed by atoms with van der Waals surface area (Å²) >= 11 is 0. The van der Waals surface area contributed by atoms with E-state index >= 15 is 0 Å². The summed E-state index contributed by atoms with van der Waals surface area (Å²) in [6, 6.07) is 0. The Kier molecular flexibility index (Phi) is 4.71. The number of aliphatic carboxylic acids is 1. The minimum Gasteiger partial charge on any atom is -0.480 e. The lowest BCUT2D eigenvalue weighted by molar-refractivity contribution is -0.146. The summed E-state index contributed by atoms with van der Waals surface area (Å²) < 4.78 is 0. The highest BCUT2D eigenvalue weighted by Gasteiger charge is 2.40. The van der Waals surface area contributed by atoms with Gasteiger partial charge in [-0.2, -0.15) is 0 Å². The molecule has 0 unspecified atom stereocenters. The van der Waals surface area contributed by atoms with E-state index in [1.165, 1.54) is 0 Å². The number of hydrogen-bond donors (Lipinski definition) is 2. The Balaban J connectivity index is 0.00000144. The van der Waals surface area contributed by atoms with Crippen LogP contribution in [-0.2, 0) is 4.79 Å². The third-order valence-corrected chi connectivity index (χ3v) is 2.89. The molecule has 13 heavy (non-hydrogen) atoms. The Morgan fingerprint density at radius 2 is 2.23 bits per heavy atom. The Bertz CT molecular complexity index is 186. The van der Waals surface area contributed by atoms with Crippen LogP contribution in [0.1, 0.15) is 32.6 Å². The largest absolute Gasteiger partial charge is 0.480 e. The Labute approximate surface area is 85.3 Å². The molecule has 0 saturated heterocycles. The van der Waals surface area contributed by atoms with Gasteiger partial charge in [-0.3, -0.25) is 4.79 Å². The standard InChI is InChI=1S/C9H17NO2.ClH/c1-7-4-3-5-9(6-7,10-2)8(11)12;/h7,10H,3-6H2,1-2H3,(H,11,12);1H/t7-,9-;/m1./s1. The Morgan fingerprint density at radius 3 is 2.54 bits per heavy atom. The summed E-state index contributed by atoms with van der Waals surface area (Å²) in [5.41, 5.74) is -0.641. The first-order chi connectivity index (χ1) is 5.60. The van der Waals surface area contributed by atoms with Crippen molar-refractivity contribution in [3.05, 3.63) is 0 Å². The molecule has 3 nitrogen and oxygen atoms in total. The number of carboxylic acid groups (broad SMARTS) is 1. The maximum atomic E-state index is 11.0. The second kappa shape index (κ2) is 4.82. The van der Waals surface area contributed by atoms with Gasteiger partial charge >= 0.3 is 5.97 Å². The zero-order chi connectivity index (χ0) is 9.19. The molecule has 2 N–H and O–H groups in total. The zero-order valence-electron chi connectivity index (χ0n) is 8.17. The monoisotopic (exact) mass is 207 g/mol. The van der Waals surface area contributed by atoms with E-state index in [0.717, 1.165) is 25.7 Å². The molecule has 78 valence electrons. The summed E-state index contributed by atoms with van der Waals surface area (Å²) in [5, 5.41) is 12.0. The number of carboxylic acids is 1. The van der Waals surface area contributed by atoms with Gasteiger partial charge in [-0.25, -0.2) is 0 Å². The molecule has 0 radical (unpaired) electrons. The van der Waals surface area contributed by atoms with Gasteiger partial charge in [0.25, 0.3) is 0 Å². The second-order valence-electron chi connectivity index (χ2n) is 3.84. The van der Waals surface area contributed by atoms with Crippen molar-refractivity contribution in [3.63, 3.8) is 0 Å². The van der Waals surface area contributed by atoms with E-state index in [-0.39, 0.29) is 12.4 Å². The third-order valence-electron chi connectivity index (χ3n) is 2.89. The van der Waals surface area contributed by atoms with Crippen LogP contribution >= 0.6 is 12.4 Å². The van der Waals surface area contributed by atoms with Crippen LogP contribution in [0.15, 0.2) is 0 Å². The molecular weight excluding hydrogens is 190 g/mol. The summed E-state index contributed by atoms with van der Waals surface area (Å²) in [5.74, 6) is -0.168. The summed E-state index contributed by atoms with van der Waals surface area (Å²) in [4.78, 5) is 11.0. The fraction of sp³-hybridized carbons (Fsp3) is 0.889. The van der Waals surface area contributed by atoms with Gasteiger partial charge in [-0.05, 0) is 25.8 Å². The predicted octanol–water partition coefficient (Wildman–Crippen LogP) is 1.66. The van der Waals surface area contributed by atoms with Crippen molar-refractivity contribution in [1.29, 1.82) is 0 Å². The van der Waals surface area contributed by atoms with Crippen molar-refractivity contribution in [2.75, 3.05) is 7.05 Å². The van der Waals surface area contributed by atoms with Gasteiger partial charge < -0.3 is 10.4 Å². The van der Waals surface area contributed by atoms with Gasteiger partial charge in [0, 0.05) is 0 Å². The van der Waals surface area contributed by atoms with Crippen molar-refractivity contribution in [2.45, 2.75) is 38.1 Å². The summed E-state index contributed by atoms with van der Waals surface area (Å²) in [7, 11) is 1.74. The highest BCUT2D eigenvalue weighted by molar-refractivity contribution is 5.85. The average molecular weight is 208 g/mol. The first-order valence-electron chi connectivity index (χ1n) is 4.53. The van der Waals surface area contributed by atoms with Gasteiger partial charge in [0.1, 0.15) is 5.54 Å². The summed E-state index contributed by atoms with van der Waals surface area (Å²) in [6.07, 6.45) is 3.72. The van der Waals surface area contributed by atoms with E-state index in [1.54, 1.807) is 7.05 Å². The van der Waals surface area contributed by atoms with Gasteiger partial charge in [0.15, 0.2) is 0 Å². The lowest BCUT2D eigenvalue weighted by atomic mass is 9.76. The van der Waals surface area contributed by atoms with Crippen LogP contribution < -0.4 is 5.32 Å². The zero-order valence-corrected chi connectivity index (χ0v) is 8.99. The Morgan fingerprint density at radius 1 is 1.62 bits per heavy atom. The van der Waals surface area contributed by atoms with Crippen LogP contribution in [0.5, 0.6) is 0 Å². The van der Waals surface area contributed by atoms with Crippen LogP contribution in [0.25, 0.3) is 0 Å². The quantitative estimate of drug-likeness (QED) is 0.724. The second-order valence-corrected chi connectivity index (χ2v) is 3.84. The van der Waals surface area contributed by atoms with E-state index < -0.39 is 11.5 Å². The molecule has 1 aliphatic rings. The number of nitrogens with one attached hydrogen (secondary N) is 1. The fourth-order valence-corrected chi connectivity index (χ4v) is 2.08. The number of halogens is 1. The van der Waals surface area contributed by atoms with E-state index in [4.69, 9.17) is 5.11 Å². The molecule has 2 atom stereocenters. The topological polar surface area (TPSA) is 49.3 Å².